The van der Waals surface area contributed by atoms with Crippen LogP contribution in [0, 0.1) is 5.92 Å². The molecule has 1 aromatic rings. The summed E-state index contributed by atoms with van der Waals surface area (Å²) in [6.45, 7) is 2.11. The number of aliphatic hydroxyl groups excluding tert-OH is 3. The summed E-state index contributed by atoms with van der Waals surface area (Å²) in [4.78, 5) is 12.5. The predicted molar refractivity (Wildman–Crippen MR) is 111 cm³/mol. The second-order valence-corrected chi connectivity index (χ2v) is 8.61. The normalized spacial score (nSPS) is 32.7. The monoisotopic (exact) mass is 405 g/mol. The van der Waals surface area contributed by atoms with Gasteiger partial charge in [0.1, 0.15) is 18.3 Å². The van der Waals surface area contributed by atoms with Crippen molar-refractivity contribution in [2.45, 2.75) is 88.7 Å². The van der Waals surface area contributed by atoms with Crippen LogP contribution >= 0.6 is 0 Å². The van der Waals surface area contributed by atoms with Crippen molar-refractivity contribution >= 4 is 5.91 Å². The average molecular weight is 406 g/mol. The van der Waals surface area contributed by atoms with Gasteiger partial charge in [-0.2, -0.15) is 0 Å². The number of nitrogens with one attached hydrogen (secondary N) is 1. The lowest BCUT2D eigenvalue weighted by molar-refractivity contribution is -0.191. The maximum atomic E-state index is 12.5. The number of unbranched alkanes of at least 4 members (excludes halogenated alkanes) is 2. The van der Waals surface area contributed by atoms with E-state index in [2.05, 4.69) is 12.2 Å². The fourth-order valence-electron chi connectivity index (χ4n) is 4.52. The molecule has 1 saturated heterocycles. The molecule has 1 aromatic carbocycles. The van der Waals surface area contributed by atoms with E-state index in [1.807, 2.05) is 12.1 Å². The smallest absolute Gasteiger partial charge is 0.253 e. The van der Waals surface area contributed by atoms with E-state index in [1.165, 1.54) is 56.9 Å². The van der Waals surface area contributed by atoms with Crippen molar-refractivity contribution in [2.75, 3.05) is 6.61 Å². The molecule has 6 heteroatoms. The van der Waals surface area contributed by atoms with Gasteiger partial charge in [0.15, 0.2) is 6.23 Å². The molecule has 3 rings (SSSR count). The number of amides is 1. The summed E-state index contributed by atoms with van der Waals surface area (Å²) in [6.07, 6.45) is 5.45. The molecule has 1 aliphatic carbocycles. The first-order chi connectivity index (χ1) is 14.0. The molecule has 0 aromatic heterocycles. The van der Waals surface area contributed by atoms with E-state index in [0.717, 1.165) is 5.92 Å². The Morgan fingerprint density at radius 1 is 1.03 bits per heavy atom. The van der Waals surface area contributed by atoms with Crippen molar-refractivity contribution in [3.8, 4) is 0 Å². The zero-order valence-corrected chi connectivity index (χ0v) is 17.3. The van der Waals surface area contributed by atoms with Crippen molar-refractivity contribution in [3.63, 3.8) is 0 Å². The van der Waals surface area contributed by atoms with Crippen LogP contribution < -0.4 is 5.32 Å². The van der Waals surface area contributed by atoms with Gasteiger partial charge < -0.3 is 25.4 Å². The first-order valence-corrected chi connectivity index (χ1v) is 11.1. The lowest BCUT2D eigenvalue weighted by Crippen LogP contribution is -2.58. The Morgan fingerprint density at radius 2 is 1.72 bits per heavy atom. The summed E-state index contributed by atoms with van der Waals surface area (Å²) in [7, 11) is 0. The largest absolute Gasteiger partial charge is 0.388 e. The van der Waals surface area contributed by atoms with E-state index in [1.54, 1.807) is 12.1 Å². The minimum atomic E-state index is -1.37. The molecule has 0 radical (unpaired) electrons. The maximum Gasteiger partial charge on any atom is 0.253 e. The van der Waals surface area contributed by atoms with Gasteiger partial charge in [0.2, 0.25) is 0 Å². The Kier molecular flexibility index (Phi) is 8.07. The summed E-state index contributed by atoms with van der Waals surface area (Å²) in [6, 6.07) is 7.65. The van der Waals surface area contributed by atoms with Crippen LogP contribution in [0.5, 0.6) is 0 Å². The lowest BCUT2D eigenvalue weighted by Gasteiger charge is -2.35. The number of carbonyl (C=O) groups is 1. The minimum absolute atomic E-state index is 0.136. The third-order valence-corrected chi connectivity index (χ3v) is 6.48. The number of ether oxygens (including phenoxy) is 1. The number of aliphatic hydroxyl groups is 3. The quantitative estimate of drug-likeness (QED) is 0.523. The second-order valence-electron chi connectivity index (χ2n) is 8.61. The highest BCUT2D eigenvalue weighted by molar-refractivity contribution is 5.94. The van der Waals surface area contributed by atoms with Crippen LogP contribution in [0.1, 0.15) is 80.1 Å². The number of hydrogen-bond acceptors (Lipinski definition) is 5. The molecule has 4 atom stereocenters. The summed E-state index contributed by atoms with van der Waals surface area (Å²) in [5.41, 5.74) is 1.76. The number of carbonyl (C=O) groups excluding carboxylic acids is 1. The Hall–Kier alpha value is -1.47. The van der Waals surface area contributed by atoms with Crippen LogP contribution in [0.25, 0.3) is 0 Å². The summed E-state index contributed by atoms with van der Waals surface area (Å²) >= 11 is 0. The molecule has 1 amide bonds. The molecule has 0 spiro atoms. The highest BCUT2D eigenvalue weighted by Gasteiger charge is 2.38. The molecule has 0 bridgehead atoms. The third-order valence-electron chi connectivity index (χ3n) is 6.48. The first-order valence-electron chi connectivity index (χ1n) is 11.1. The summed E-state index contributed by atoms with van der Waals surface area (Å²) in [5.74, 6) is 1.07. The van der Waals surface area contributed by atoms with Crippen molar-refractivity contribution in [2.24, 2.45) is 5.92 Å². The van der Waals surface area contributed by atoms with Gasteiger partial charge in [-0.25, -0.2) is 0 Å². The first kappa shape index (κ1) is 22.2. The SMILES string of the molecule is CCCCCC1CCC(c2ccc(C(=O)N[C@@H]3OC[C@@H](O)[C@@H](O)[C@H]3O)cc2)CC1. The highest BCUT2D eigenvalue weighted by Crippen LogP contribution is 2.37. The van der Waals surface area contributed by atoms with Crippen LogP contribution in [0.3, 0.4) is 0 Å². The van der Waals surface area contributed by atoms with Gasteiger partial charge in [-0.05, 0) is 55.2 Å². The Balaban J connectivity index is 1.49. The second kappa shape index (κ2) is 10.5. The maximum absolute atomic E-state index is 12.5. The van der Waals surface area contributed by atoms with Crippen LogP contribution in [0.2, 0.25) is 0 Å². The van der Waals surface area contributed by atoms with E-state index in [4.69, 9.17) is 4.74 Å². The molecule has 2 fully saturated rings. The van der Waals surface area contributed by atoms with Gasteiger partial charge >= 0.3 is 0 Å². The molecule has 2 aliphatic rings. The standard InChI is InChI=1S/C23H35NO5/c1-2-3-4-5-15-6-8-16(9-7-15)17-10-12-18(13-11-17)22(28)24-23-21(27)20(26)19(25)14-29-23/h10-13,15-16,19-21,23,25-27H,2-9,14H2,1H3,(H,24,28)/t15?,16?,19-,20-,21-,23-/m1/s1. The molecule has 162 valence electrons. The molecular formula is C23H35NO5. The van der Waals surface area contributed by atoms with Gasteiger partial charge in [0.05, 0.1) is 6.61 Å². The molecule has 1 heterocycles. The average Bonchev–Trinajstić information content (AvgIpc) is 2.75. The van der Waals surface area contributed by atoms with Crippen molar-refractivity contribution in [1.82, 2.24) is 5.32 Å². The minimum Gasteiger partial charge on any atom is -0.388 e. The molecule has 1 aliphatic heterocycles. The molecule has 4 N–H and O–H groups in total. The zero-order valence-electron chi connectivity index (χ0n) is 17.3. The van der Waals surface area contributed by atoms with Crippen molar-refractivity contribution < 1.29 is 24.9 Å². The summed E-state index contributed by atoms with van der Waals surface area (Å²) < 4.78 is 5.24. The van der Waals surface area contributed by atoms with E-state index in [9.17, 15) is 20.1 Å². The van der Waals surface area contributed by atoms with E-state index in [0.29, 0.717) is 11.5 Å². The van der Waals surface area contributed by atoms with E-state index in [-0.39, 0.29) is 12.5 Å². The fourth-order valence-corrected chi connectivity index (χ4v) is 4.52. The van der Waals surface area contributed by atoms with Crippen LogP contribution in [0.15, 0.2) is 24.3 Å². The number of rotatable bonds is 7. The lowest BCUT2D eigenvalue weighted by atomic mass is 9.77. The van der Waals surface area contributed by atoms with Gasteiger partial charge in [0.25, 0.3) is 5.91 Å². The van der Waals surface area contributed by atoms with Crippen molar-refractivity contribution in [3.05, 3.63) is 35.4 Å². The molecule has 1 saturated carbocycles. The van der Waals surface area contributed by atoms with Gasteiger partial charge in [0, 0.05) is 5.56 Å². The third kappa shape index (κ3) is 5.79. The molecule has 0 unspecified atom stereocenters. The van der Waals surface area contributed by atoms with Crippen LogP contribution in [-0.4, -0.2) is 52.4 Å². The molecule has 6 nitrogen and oxygen atoms in total. The van der Waals surface area contributed by atoms with Gasteiger partial charge in [-0.15, -0.1) is 0 Å². The zero-order chi connectivity index (χ0) is 20.8. The van der Waals surface area contributed by atoms with E-state index < -0.39 is 24.5 Å². The molecule has 29 heavy (non-hydrogen) atoms. The van der Waals surface area contributed by atoms with Crippen LogP contribution in [-0.2, 0) is 4.74 Å². The fraction of sp³-hybridized carbons (Fsp3) is 0.696. The van der Waals surface area contributed by atoms with E-state index >= 15 is 0 Å². The number of benzene rings is 1. The molecular weight excluding hydrogens is 370 g/mol. The Bertz CT molecular complexity index is 641. The van der Waals surface area contributed by atoms with Gasteiger partial charge in [-0.1, -0.05) is 44.7 Å². The Morgan fingerprint density at radius 3 is 2.38 bits per heavy atom. The van der Waals surface area contributed by atoms with Gasteiger partial charge in [-0.3, -0.25) is 4.79 Å². The Labute approximate surface area is 173 Å². The topological polar surface area (TPSA) is 99.0 Å². The predicted octanol–water partition coefficient (Wildman–Crippen LogP) is 2.71. The number of hydrogen-bond donors (Lipinski definition) is 4. The summed E-state index contributed by atoms with van der Waals surface area (Å²) in [5, 5.41) is 31.8. The van der Waals surface area contributed by atoms with Crippen molar-refractivity contribution in [1.29, 1.82) is 0 Å². The van der Waals surface area contributed by atoms with Crippen LogP contribution in [0.4, 0.5) is 0 Å². The highest BCUT2D eigenvalue weighted by atomic mass is 16.5.